The summed E-state index contributed by atoms with van der Waals surface area (Å²) in [4.78, 5) is 12.1. The summed E-state index contributed by atoms with van der Waals surface area (Å²) in [7, 11) is 0. The first-order valence-electron chi connectivity index (χ1n) is 7.83. The number of aliphatic hydroxyl groups excluding tert-OH is 1. The molecule has 0 spiro atoms. The third-order valence-electron chi connectivity index (χ3n) is 4.15. The second kappa shape index (κ2) is 6.91. The topological polar surface area (TPSA) is 49.3 Å². The maximum Gasteiger partial charge on any atom is 0.416 e. The van der Waals surface area contributed by atoms with E-state index in [0.29, 0.717) is 5.56 Å². The summed E-state index contributed by atoms with van der Waals surface area (Å²) in [6, 6.07) is 4.67. The first-order valence-corrected chi connectivity index (χ1v) is 7.83. The Labute approximate surface area is 133 Å². The Morgan fingerprint density at radius 3 is 2.52 bits per heavy atom. The molecule has 1 aliphatic rings. The number of aliphatic hydroxyl groups is 1. The number of hydrogen-bond acceptors (Lipinski definition) is 2. The monoisotopic (exact) mass is 329 g/mol. The molecule has 0 aromatic heterocycles. The van der Waals surface area contributed by atoms with Crippen LogP contribution >= 0.6 is 0 Å². The molecule has 2 rings (SSSR count). The van der Waals surface area contributed by atoms with Crippen LogP contribution in [0.1, 0.15) is 50.3 Å². The van der Waals surface area contributed by atoms with E-state index in [-0.39, 0.29) is 24.2 Å². The smallest absolute Gasteiger partial charge is 0.392 e. The van der Waals surface area contributed by atoms with E-state index in [1.807, 2.05) is 13.8 Å². The molecule has 0 bridgehead atoms. The fourth-order valence-electron chi connectivity index (χ4n) is 2.47. The van der Waals surface area contributed by atoms with E-state index in [2.05, 4.69) is 5.32 Å². The van der Waals surface area contributed by atoms with Gasteiger partial charge in [-0.05, 0) is 42.4 Å². The van der Waals surface area contributed by atoms with Crippen molar-refractivity contribution in [2.24, 2.45) is 11.8 Å². The summed E-state index contributed by atoms with van der Waals surface area (Å²) in [5, 5.41) is 12.6. The van der Waals surface area contributed by atoms with Crippen LogP contribution in [-0.4, -0.2) is 17.1 Å². The highest BCUT2D eigenvalue weighted by atomic mass is 19.4. The van der Waals surface area contributed by atoms with Gasteiger partial charge in [0.25, 0.3) is 0 Å². The Kier molecular flexibility index (Phi) is 5.34. The van der Waals surface area contributed by atoms with Gasteiger partial charge in [-0.15, -0.1) is 0 Å². The molecule has 0 radical (unpaired) electrons. The molecule has 128 valence electrons. The van der Waals surface area contributed by atoms with Crippen molar-refractivity contribution in [1.82, 2.24) is 5.32 Å². The predicted molar refractivity (Wildman–Crippen MR) is 80.5 cm³/mol. The summed E-state index contributed by atoms with van der Waals surface area (Å²) in [5.74, 6) is -0.215. The minimum atomic E-state index is -4.40. The summed E-state index contributed by atoms with van der Waals surface area (Å²) < 4.78 is 38.6. The third-order valence-corrected chi connectivity index (χ3v) is 4.15. The number of alkyl halides is 3. The van der Waals surface area contributed by atoms with Crippen molar-refractivity contribution in [3.63, 3.8) is 0 Å². The van der Waals surface area contributed by atoms with E-state index in [1.165, 1.54) is 6.07 Å². The Morgan fingerprint density at radius 1 is 1.35 bits per heavy atom. The van der Waals surface area contributed by atoms with Gasteiger partial charge >= 0.3 is 6.18 Å². The van der Waals surface area contributed by atoms with Crippen molar-refractivity contribution in [1.29, 1.82) is 0 Å². The number of halogens is 3. The maximum atomic E-state index is 12.9. The van der Waals surface area contributed by atoms with Crippen molar-refractivity contribution < 1.29 is 23.1 Å². The van der Waals surface area contributed by atoms with Crippen LogP contribution in [0, 0.1) is 11.8 Å². The second-order valence-corrected chi connectivity index (χ2v) is 6.52. The van der Waals surface area contributed by atoms with Gasteiger partial charge in [0, 0.05) is 0 Å². The van der Waals surface area contributed by atoms with Crippen LogP contribution in [0.4, 0.5) is 13.2 Å². The van der Waals surface area contributed by atoms with Crippen LogP contribution in [0.25, 0.3) is 0 Å². The number of amides is 1. The Morgan fingerprint density at radius 2 is 2.00 bits per heavy atom. The molecule has 1 aromatic carbocycles. The Bertz CT molecular complexity index is 553. The number of benzene rings is 1. The van der Waals surface area contributed by atoms with Crippen LogP contribution in [0.3, 0.4) is 0 Å². The summed E-state index contributed by atoms with van der Waals surface area (Å²) in [5.41, 5.74) is -0.244. The van der Waals surface area contributed by atoms with Crippen molar-refractivity contribution in [3.05, 3.63) is 35.4 Å². The molecule has 2 unspecified atom stereocenters. The summed E-state index contributed by atoms with van der Waals surface area (Å²) in [6.45, 7) is 3.62. The van der Waals surface area contributed by atoms with Gasteiger partial charge in [-0.1, -0.05) is 26.0 Å². The summed E-state index contributed by atoms with van der Waals surface area (Å²) >= 11 is 0. The lowest BCUT2D eigenvalue weighted by Gasteiger charge is -2.22. The first-order chi connectivity index (χ1) is 10.7. The van der Waals surface area contributed by atoms with Crippen LogP contribution in [0.5, 0.6) is 0 Å². The standard InChI is InChI=1S/C17H22F3NO2/c1-10(2)14(22)9-15(23)21-16(11-6-7-11)12-4-3-5-13(8-12)17(18,19)20/h3-5,8,10-11,14,16,22H,6-7,9H2,1-2H3,(H,21,23). The Hall–Kier alpha value is -1.56. The molecule has 1 aromatic rings. The second-order valence-electron chi connectivity index (χ2n) is 6.52. The number of nitrogens with one attached hydrogen (secondary N) is 1. The molecular weight excluding hydrogens is 307 g/mol. The molecule has 2 N–H and O–H groups in total. The molecule has 2 atom stereocenters. The fraction of sp³-hybridized carbons (Fsp3) is 0.588. The van der Waals surface area contributed by atoms with Gasteiger partial charge < -0.3 is 10.4 Å². The van der Waals surface area contributed by atoms with Gasteiger partial charge in [0.15, 0.2) is 0 Å². The van der Waals surface area contributed by atoms with E-state index < -0.39 is 23.9 Å². The van der Waals surface area contributed by atoms with Crippen molar-refractivity contribution in [2.75, 3.05) is 0 Å². The van der Waals surface area contributed by atoms with Gasteiger partial charge in [-0.25, -0.2) is 0 Å². The van der Waals surface area contributed by atoms with Crippen LogP contribution in [0.2, 0.25) is 0 Å². The van der Waals surface area contributed by atoms with Crippen molar-refractivity contribution in [2.45, 2.75) is 51.4 Å². The molecule has 0 aliphatic heterocycles. The SMILES string of the molecule is CC(C)C(O)CC(=O)NC(c1cccc(C(F)(F)F)c1)C1CC1. The van der Waals surface area contributed by atoms with E-state index >= 15 is 0 Å². The molecule has 1 aliphatic carbocycles. The molecular formula is C17H22F3NO2. The van der Waals surface area contributed by atoms with Crippen molar-refractivity contribution >= 4 is 5.91 Å². The number of carbonyl (C=O) groups is 1. The number of carbonyl (C=O) groups excluding carboxylic acids is 1. The average Bonchev–Trinajstić information content (AvgIpc) is 3.28. The van der Waals surface area contributed by atoms with E-state index in [0.717, 1.165) is 25.0 Å². The molecule has 23 heavy (non-hydrogen) atoms. The van der Waals surface area contributed by atoms with E-state index in [9.17, 15) is 23.1 Å². The highest BCUT2D eigenvalue weighted by Crippen LogP contribution is 2.42. The molecule has 0 saturated heterocycles. The predicted octanol–water partition coefficient (Wildman–Crippen LogP) is 3.68. The van der Waals surface area contributed by atoms with Gasteiger partial charge in [-0.2, -0.15) is 13.2 Å². The Balaban J connectivity index is 2.12. The van der Waals surface area contributed by atoms with Crippen molar-refractivity contribution in [3.8, 4) is 0 Å². The average molecular weight is 329 g/mol. The molecule has 1 amide bonds. The molecule has 3 nitrogen and oxygen atoms in total. The summed E-state index contributed by atoms with van der Waals surface area (Å²) in [6.07, 6.45) is -3.43. The van der Waals surface area contributed by atoms with Crippen LogP contribution in [-0.2, 0) is 11.0 Å². The van der Waals surface area contributed by atoms with Gasteiger partial charge in [0.2, 0.25) is 5.91 Å². The normalized spacial score (nSPS) is 17.9. The third kappa shape index (κ3) is 4.96. The molecule has 1 fully saturated rings. The highest BCUT2D eigenvalue weighted by Gasteiger charge is 2.36. The number of rotatable bonds is 6. The highest BCUT2D eigenvalue weighted by molar-refractivity contribution is 5.77. The van der Waals surface area contributed by atoms with Crippen LogP contribution in [0.15, 0.2) is 24.3 Å². The molecule has 6 heteroatoms. The lowest BCUT2D eigenvalue weighted by Crippen LogP contribution is -2.33. The fourth-order valence-corrected chi connectivity index (χ4v) is 2.47. The van der Waals surface area contributed by atoms with Crippen LogP contribution < -0.4 is 5.32 Å². The molecule has 0 heterocycles. The number of hydrogen-bond donors (Lipinski definition) is 2. The first kappa shape index (κ1) is 17.8. The molecule has 1 saturated carbocycles. The van der Waals surface area contributed by atoms with E-state index in [4.69, 9.17) is 0 Å². The van der Waals surface area contributed by atoms with E-state index in [1.54, 1.807) is 6.07 Å². The van der Waals surface area contributed by atoms with Gasteiger partial charge in [0.1, 0.15) is 0 Å². The largest absolute Gasteiger partial charge is 0.416 e. The van der Waals surface area contributed by atoms with Gasteiger partial charge in [0.05, 0.1) is 24.1 Å². The zero-order valence-electron chi connectivity index (χ0n) is 13.2. The zero-order valence-corrected chi connectivity index (χ0v) is 13.2. The lowest BCUT2D eigenvalue weighted by atomic mass is 9.98. The minimum Gasteiger partial charge on any atom is -0.392 e. The maximum absolute atomic E-state index is 12.9. The lowest BCUT2D eigenvalue weighted by molar-refractivity contribution is -0.137. The zero-order chi connectivity index (χ0) is 17.2. The quantitative estimate of drug-likeness (QED) is 0.836. The van der Waals surface area contributed by atoms with Gasteiger partial charge in [-0.3, -0.25) is 4.79 Å². The minimum absolute atomic E-state index is 0.0418.